The molecule has 1 amide bonds. The van der Waals surface area contributed by atoms with Gasteiger partial charge in [0.05, 0.1) is 6.04 Å². The molecule has 0 bridgehead atoms. The number of carbonyl (C=O) groups is 2. The quantitative estimate of drug-likeness (QED) is 0.362. The molecule has 8 heteroatoms. The number of nitrogens with zero attached hydrogens (tertiary/aromatic N) is 3. The molecule has 2 N–H and O–H groups in total. The molecular formula is C20H20N4O4. The molecular weight excluding hydrogens is 360 g/mol. The molecule has 0 aliphatic carbocycles. The minimum Gasteiger partial charge on any atom is -0.485 e. The molecule has 0 spiro atoms. The lowest BCUT2D eigenvalue weighted by atomic mass is 9.85. The first kappa shape index (κ1) is 19.4. The Hall–Kier alpha value is -3.35. The van der Waals surface area contributed by atoms with Crippen molar-refractivity contribution >= 4 is 17.4 Å². The number of hydrogen-bond acceptors (Lipinski definition) is 5. The van der Waals surface area contributed by atoms with Crippen LogP contribution in [0, 0.1) is 0 Å². The van der Waals surface area contributed by atoms with Gasteiger partial charge in [-0.2, -0.15) is 0 Å². The van der Waals surface area contributed by atoms with Crippen LogP contribution in [0.5, 0.6) is 5.75 Å². The largest absolute Gasteiger partial charge is 0.485 e. The molecule has 2 aromatic carbocycles. The number of hydrogen-bond donors (Lipinski definition) is 2. The Morgan fingerprint density at radius 3 is 2.64 bits per heavy atom. The highest BCUT2D eigenvalue weighted by Gasteiger charge is 2.43. The van der Waals surface area contributed by atoms with Gasteiger partial charge < -0.3 is 15.2 Å². The molecule has 2 aromatic rings. The summed E-state index contributed by atoms with van der Waals surface area (Å²) >= 11 is 0. The van der Waals surface area contributed by atoms with Gasteiger partial charge in [0.15, 0.2) is 5.78 Å². The average Bonchev–Trinajstić information content (AvgIpc) is 2.65. The van der Waals surface area contributed by atoms with Gasteiger partial charge in [-0.15, -0.1) is 0 Å². The molecule has 0 fully saturated rings. The SMILES string of the molecule is CC(=O)c1ccc2c(c1)C(NC(=O)c1cccc(N=[N+]=[N-])c1)C(O)C(C)(C)O2. The third-order valence-electron chi connectivity index (χ3n) is 4.71. The van der Waals surface area contributed by atoms with E-state index in [0.29, 0.717) is 22.6 Å². The third kappa shape index (κ3) is 3.69. The van der Waals surface area contributed by atoms with Gasteiger partial charge in [-0.3, -0.25) is 9.59 Å². The molecule has 0 saturated carbocycles. The summed E-state index contributed by atoms with van der Waals surface area (Å²) in [7, 11) is 0. The monoisotopic (exact) mass is 380 g/mol. The summed E-state index contributed by atoms with van der Waals surface area (Å²) in [6.45, 7) is 4.89. The summed E-state index contributed by atoms with van der Waals surface area (Å²) < 4.78 is 5.87. The van der Waals surface area contributed by atoms with E-state index in [9.17, 15) is 14.7 Å². The average molecular weight is 380 g/mol. The maximum absolute atomic E-state index is 12.8. The molecule has 1 aliphatic heterocycles. The molecule has 3 rings (SSSR count). The Bertz CT molecular complexity index is 995. The number of aliphatic hydroxyl groups excluding tert-OH is 1. The van der Waals surface area contributed by atoms with Crippen LogP contribution >= 0.6 is 0 Å². The number of benzene rings is 2. The third-order valence-corrected chi connectivity index (χ3v) is 4.71. The highest BCUT2D eigenvalue weighted by Crippen LogP contribution is 2.40. The topological polar surface area (TPSA) is 124 Å². The van der Waals surface area contributed by atoms with Crippen LogP contribution in [0.2, 0.25) is 0 Å². The molecule has 0 radical (unpaired) electrons. The molecule has 8 nitrogen and oxygen atoms in total. The van der Waals surface area contributed by atoms with Gasteiger partial charge in [0, 0.05) is 27.3 Å². The predicted molar refractivity (Wildman–Crippen MR) is 103 cm³/mol. The molecule has 144 valence electrons. The number of fused-ring (bicyclic) bond motifs is 1. The number of Topliss-reactive ketones (excluding diaryl/α,β-unsaturated/α-hetero) is 1. The van der Waals surface area contributed by atoms with E-state index in [2.05, 4.69) is 15.3 Å². The van der Waals surface area contributed by atoms with E-state index in [1.165, 1.54) is 13.0 Å². The Kier molecular flexibility index (Phi) is 5.09. The van der Waals surface area contributed by atoms with E-state index in [0.717, 1.165) is 0 Å². The first-order valence-electron chi connectivity index (χ1n) is 8.71. The molecule has 1 heterocycles. The highest BCUT2D eigenvalue weighted by molar-refractivity contribution is 5.96. The normalized spacial score (nSPS) is 19.6. The number of amides is 1. The minimum atomic E-state index is -1.05. The Morgan fingerprint density at radius 1 is 1.21 bits per heavy atom. The van der Waals surface area contributed by atoms with E-state index >= 15 is 0 Å². The Morgan fingerprint density at radius 2 is 1.96 bits per heavy atom. The van der Waals surface area contributed by atoms with Crippen molar-refractivity contribution in [2.24, 2.45) is 5.11 Å². The van der Waals surface area contributed by atoms with Crippen LogP contribution in [0.1, 0.15) is 53.1 Å². The summed E-state index contributed by atoms with van der Waals surface area (Å²) in [5, 5.41) is 17.1. The van der Waals surface area contributed by atoms with Crippen LogP contribution in [-0.4, -0.2) is 28.5 Å². The Labute approximate surface area is 161 Å². The lowest BCUT2D eigenvalue weighted by Gasteiger charge is -2.42. The molecule has 28 heavy (non-hydrogen) atoms. The number of ketones is 1. The first-order chi connectivity index (χ1) is 13.2. The zero-order chi connectivity index (χ0) is 20.5. The zero-order valence-corrected chi connectivity index (χ0v) is 15.7. The fourth-order valence-electron chi connectivity index (χ4n) is 3.16. The zero-order valence-electron chi connectivity index (χ0n) is 15.7. The van der Waals surface area contributed by atoms with Crippen molar-refractivity contribution in [2.45, 2.75) is 38.5 Å². The fourth-order valence-corrected chi connectivity index (χ4v) is 3.16. The van der Waals surface area contributed by atoms with Crippen molar-refractivity contribution in [3.05, 3.63) is 69.6 Å². The van der Waals surface area contributed by atoms with E-state index in [-0.39, 0.29) is 11.3 Å². The van der Waals surface area contributed by atoms with E-state index in [1.807, 2.05) is 0 Å². The van der Waals surface area contributed by atoms with Crippen molar-refractivity contribution in [2.75, 3.05) is 0 Å². The molecule has 0 saturated heterocycles. The van der Waals surface area contributed by atoms with Gasteiger partial charge in [0.25, 0.3) is 5.91 Å². The maximum atomic E-state index is 12.8. The van der Waals surface area contributed by atoms with Crippen molar-refractivity contribution < 1.29 is 19.4 Å². The summed E-state index contributed by atoms with van der Waals surface area (Å²) in [6.07, 6.45) is -1.05. The minimum absolute atomic E-state index is 0.130. The van der Waals surface area contributed by atoms with Crippen molar-refractivity contribution in [1.29, 1.82) is 0 Å². The number of aliphatic hydroxyl groups is 1. The number of ether oxygens (including phenoxy) is 1. The van der Waals surface area contributed by atoms with Crippen LogP contribution in [0.15, 0.2) is 47.6 Å². The summed E-state index contributed by atoms with van der Waals surface area (Å²) in [4.78, 5) is 27.3. The molecule has 0 aromatic heterocycles. The fraction of sp³-hybridized carbons (Fsp3) is 0.300. The van der Waals surface area contributed by atoms with Crippen molar-refractivity contribution in [3.8, 4) is 5.75 Å². The number of nitrogens with one attached hydrogen (secondary N) is 1. The van der Waals surface area contributed by atoms with Crippen LogP contribution in [-0.2, 0) is 0 Å². The second kappa shape index (κ2) is 7.34. The number of azide groups is 1. The van der Waals surface area contributed by atoms with E-state index in [1.54, 1.807) is 50.2 Å². The van der Waals surface area contributed by atoms with E-state index < -0.39 is 23.7 Å². The number of rotatable bonds is 4. The van der Waals surface area contributed by atoms with E-state index in [4.69, 9.17) is 10.3 Å². The summed E-state index contributed by atoms with van der Waals surface area (Å²) in [5.74, 6) is -0.0846. The van der Waals surface area contributed by atoms with Gasteiger partial charge >= 0.3 is 0 Å². The van der Waals surface area contributed by atoms with Gasteiger partial charge in [-0.25, -0.2) is 0 Å². The lowest BCUT2D eigenvalue weighted by molar-refractivity contribution is -0.0627. The van der Waals surface area contributed by atoms with Gasteiger partial charge in [-0.1, -0.05) is 17.2 Å². The Balaban J connectivity index is 1.99. The number of carbonyl (C=O) groups excluding carboxylic acids is 2. The predicted octanol–water partition coefficient (Wildman–Crippen LogP) is 3.83. The summed E-state index contributed by atoms with van der Waals surface area (Å²) in [5.41, 5.74) is 9.19. The van der Waals surface area contributed by atoms with Crippen LogP contribution in [0.4, 0.5) is 5.69 Å². The second-order valence-corrected chi connectivity index (χ2v) is 7.15. The lowest BCUT2D eigenvalue weighted by Crippen LogP contribution is -2.53. The first-order valence-corrected chi connectivity index (χ1v) is 8.71. The molecule has 2 unspecified atom stereocenters. The second-order valence-electron chi connectivity index (χ2n) is 7.15. The van der Waals surface area contributed by atoms with Crippen LogP contribution < -0.4 is 10.1 Å². The van der Waals surface area contributed by atoms with Gasteiger partial charge in [0.2, 0.25) is 0 Å². The summed E-state index contributed by atoms with van der Waals surface area (Å²) in [6, 6.07) is 10.4. The van der Waals surface area contributed by atoms with Gasteiger partial charge in [0.1, 0.15) is 17.5 Å². The molecule has 2 atom stereocenters. The van der Waals surface area contributed by atoms with Crippen molar-refractivity contribution in [1.82, 2.24) is 5.32 Å². The maximum Gasteiger partial charge on any atom is 0.251 e. The standard InChI is InChI=1S/C20H20N4O4/c1-11(25)12-7-8-16-15(10-12)17(18(26)20(2,3)28-16)22-19(27)13-5-4-6-14(9-13)23-24-21/h4-10,17-18,26H,1-3H3,(H,22,27). The van der Waals surface area contributed by atoms with Crippen LogP contribution in [0.25, 0.3) is 10.4 Å². The van der Waals surface area contributed by atoms with Gasteiger partial charge in [-0.05, 0) is 56.6 Å². The highest BCUT2D eigenvalue weighted by atomic mass is 16.5. The molecule has 1 aliphatic rings. The van der Waals surface area contributed by atoms with Crippen molar-refractivity contribution in [3.63, 3.8) is 0 Å². The smallest absolute Gasteiger partial charge is 0.251 e. The van der Waals surface area contributed by atoms with Crippen LogP contribution in [0.3, 0.4) is 0 Å².